The zero-order valence-electron chi connectivity index (χ0n) is 12.2. The highest BCUT2D eigenvalue weighted by molar-refractivity contribution is 5.55. The Morgan fingerprint density at radius 1 is 1.35 bits per heavy atom. The van der Waals surface area contributed by atoms with E-state index in [1.165, 1.54) is 10.8 Å². The van der Waals surface area contributed by atoms with Crippen molar-refractivity contribution in [3.8, 4) is 11.6 Å². The zero-order chi connectivity index (χ0) is 14.9. The van der Waals surface area contributed by atoms with E-state index >= 15 is 0 Å². The summed E-state index contributed by atoms with van der Waals surface area (Å²) in [6.45, 7) is 6.00. The Labute approximate surface area is 118 Å². The fourth-order valence-electron chi connectivity index (χ4n) is 1.90. The van der Waals surface area contributed by atoms with E-state index < -0.39 is 0 Å². The van der Waals surface area contributed by atoms with Gasteiger partial charge in [-0.2, -0.15) is 0 Å². The normalized spacial score (nSPS) is 10.8. The number of benzene rings is 1. The van der Waals surface area contributed by atoms with E-state index in [0.717, 1.165) is 16.8 Å². The molecule has 2 rings (SSSR count). The Kier molecular flexibility index (Phi) is 3.79. The molecule has 20 heavy (non-hydrogen) atoms. The van der Waals surface area contributed by atoms with Gasteiger partial charge in [0.2, 0.25) is 0 Å². The van der Waals surface area contributed by atoms with Gasteiger partial charge in [-0.3, -0.25) is 4.79 Å². The van der Waals surface area contributed by atoms with Crippen molar-refractivity contribution in [2.45, 2.75) is 26.7 Å². The molecule has 0 unspecified atom stereocenters. The molecule has 5 heteroatoms. The lowest BCUT2D eigenvalue weighted by Gasteiger charge is -2.15. The van der Waals surface area contributed by atoms with Crippen LogP contribution in [-0.4, -0.2) is 9.55 Å². The third-order valence-corrected chi connectivity index (χ3v) is 3.21. The smallest absolute Gasteiger partial charge is 0.313 e. The second kappa shape index (κ2) is 5.36. The lowest BCUT2D eigenvalue weighted by Crippen LogP contribution is -2.18. The zero-order valence-corrected chi connectivity index (χ0v) is 12.2. The lowest BCUT2D eigenvalue weighted by molar-refractivity contribution is 0.440. The first kappa shape index (κ1) is 14.1. The number of hydrogen-bond acceptors (Lipinski definition) is 4. The van der Waals surface area contributed by atoms with Crippen molar-refractivity contribution >= 4 is 5.69 Å². The molecule has 0 radical (unpaired) electrons. The van der Waals surface area contributed by atoms with Gasteiger partial charge >= 0.3 is 5.56 Å². The number of nitrogens with zero attached hydrogens (tertiary/aromatic N) is 2. The summed E-state index contributed by atoms with van der Waals surface area (Å²) >= 11 is 0. The second-order valence-electron chi connectivity index (χ2n) is 5.15. The molecular formula is C15H19N3O2. The van der Waals surface area contributed by atoms with Gasteiger partial charge in [-0.25, -0.2) is 4.98 Å². The molecule has 0 saturated heterocycles. The summed E-state index contributed by atoms with van der Waals surface area (Å²) in [4.78, 5) is 16.0. The number of ether oxygens (including phenoxy) is 1. The maximum Gasteiger partial charge on any atom is 0.313 e. The van der Waals surface area contributed by atoms with Crippen molar-refractivity contribution in [1.29, 1.82) is 0 Å². The van der Waals surface area contributed by atoms with Gasteiger partial charge < -0.3 is 15.0 Å². The van der Waals surface area contributed by atoms with Crippen LogP contribution in [0.2, 0.25) is 0 Å². The van der Waals surface area contributed by atoms with Crippen molar-refractivity contribution in [1.82, 2.24) is 9.55 Å². The quantitative estimate of drug-likeness (QED) is 0.873. The summed E-state index contributed by atoms with van der Waals surface area (Å²) in [5, 5.41) is 0. The Bertz CT molecular complexity index is 690. The summed E-state index contributed by atoms with van der Waals surface area (Å²) in [5.41, 5.74) is 8.26. The minimum atomic E-state index is -0.267. The van der Waals surface area contributed by atoms with Crippen LogP contribution in [0, 0.1) is 6.92 Å². The van der Waals surface area contributed by atoms with Crippen LogP contribution < -0.4 is 16.0 Å². The molecule has 0 atom stereocenters. The van der Waals surface area contributed by atoms with E-state index in [4.69, 9.17) is 10.5 Å². The number of nitrogen functional groups attached to an aromatic ring is 1. The van der Waals surface area contributed by atoms with Crippen molar-refractivity contribution in [3.05, 3.63) is 46.0 Å². The van der Waals surface area contributed by atoms with Gasteiger partial charge in [-0.15, -0.1) is 0 Å². The second-order valence-corrected chi connectivity index (χ2v) is 5.15. The van der Waals surface area contributed by atoms with Crippen molar-refractivity contribution in [2.75, 3.05) is 5.73 Å². The highest BCUT2D eigenvalue weighted by atomic mass is 16.5. The highest BCUT2D eigenvalue weighted by Gasteiger charge is 2.14. The Balaban J connectivity index is 2.50. The Morgan fingerprint density at radius 2 is 2.05 bits per heavy atom. The fraction of sp³-hybridized carbons (Fsp3) is 0.333. The molecule has 0 aliphatic rings. The van der Waals surface area contributed by atoms with E-state index in [1.54, 1.807) is 13.2 Å². The number of rotatable bonds is 3. The van der Waals surface area contributed by atoms with Crippen molar-refractivity contribution in [3.63, 3.8) is 0 Å². The largest absolute Gasteiger partial charge is 0.434 e. The maximum atomic E-state index is 12.0. The van der Waals surface area contributed by atoms with Crippen LogP contribution in [0.4, 0.5) is 5.69 Å². The number of hydrogen-bond donors (Lipinski definition) is 1. The number of aromatic nitrogens is 2. The molecule has 1 aromatic carbocycles. The van der Waals surface area contributed by atoms with Crippen LogP contribution in [-0.2, 0) is 7.05 Å². The average Bonchev–Trinajstić information content (AvgIpc) is 2.38. The molecule has 5 nitrogen and oxygen atoms in total. The highest BCUT2D eigenvalue weighted by Crippen LogP contribution is 2.32. The van der Waals surface area contributed by atoms with Gasteiger partial charge in [0.25, 0.3) is 5.88 Å². The molecule has 0 saturated carbocycles. The molecule has 0 bridgehead atoms. The first-order chi connectivity index (χ1) is 9.40. The summed E-state index contributed by atoms with van der Waals surface area (Å²) in [5.74, 6) is 0.934. The van der Waals surface area contributed by atoms with E-state index in [0.29, 0.717) is 5.75 Å². The van der Waals surface area contributed by atoms with Crippen LogP contribution >= 0.6 is 0 Å². The SMILES string of the molecule is Cc1cc(Oc2nccn(C)c2=O)c(C(C)C)cc1N. The van der Waals surface area contributed by atoms with Crippen molar-refractivity contribution < 1.29 is 4.74 Å². The van der Waals surface area contributed by atoms with Gasteiger partial charge in [-0.1, -0.05) is 13.8 Å². The predicted octanol–water partition coefficient (Wildman–Crippen LogP) is 2.59. The van der Waals surface area contributed by atoms with Crippen molar-refractivity contribution in [2.24, 2.45) is 7.05 Å². The van der Waals surface area contributed by atoms with Crippen LogP contribution in [0.25, 0.3) is 0 Å². The summed E-state index contributed by atoms with van der Waals surface area (Å²) in [6, 6.07) is 3.74. The number of aryl methyl sites for hydroxylation is 2. The fourth-order valence-corrected chi connectivity index (χ4v) is 1.90. The summed E-state index contributed by atoms with van der Waals surface area (Å²) < 4.78 is 7.15. The first-order valence-electron chi connectivity index (χ1n) is 6.49. The van der Waals surface area contributed by atoms with E-state index in [9.17, 15) is 4.79 Å². The molecule has 0 fully saturated rings. The molecule has 0 amide bonds. The molecule has 106 valence electrons. The molecule has 2 aromatic rings. The molecule has 0 spiro atoms. The van der Waals surface area contributed by atoms with Gasteiger partial charge in [0, 0.05) is 25.1 Å². The van der Waals surface area contributed by atoms with Gasteiger partial charge in [0.05, 0.1) is 0 Å². The van der Waals surface area contributed by atoms with E-state index in [1.807, 2.05) is 32.9 Å². The van der Waals surface area contributed by atoms with Crippen LogP contribution in [0.1, 0.15) is 30.9 Å². The number of anilines is 1. The first-order valence-corrected chi connectivity index (χ1v) is 6.49. The van der Waals surface area contributed by atoms with Crippen LogP contribution in [0.15, 0.2) is 29.3 Å². The van der Waals surface area contributed by atoms with Gasteiger partial charge in [0.15, 0.2) is 0 Å². The third kappa shape index (κ3) is 2.66. The Morgan fingerprint density at radius 3 is 2.70 bits per heavy atom. The summed E-state index contributed by atoms with van der Waals surface area (Å²) in [7, 11) is 1.66. The lowest BCUT2D eigenvalue weighted by atomic mass is 9.99. The van der Waals surface area contributed by atoms with Gasteiger partial charge in [-0.05, 0) is 36.1 Å². The van der Waals surface area contributed by atoms with E-state index in [2.05, 4.69) is 4.98 Å². The molecule has 0 aliphatic carbocycles. The van der Waals surface area contributed by atoms with E-state index in [-0.39, 0.29) is 17.4 Å². The topological polar surface area (TPSA) is 70.1 Å². The monoisotopic (exact) mass is 273 g/mol. The maximum absolute atomic E-state index is 12.0. The average molecular weight is 273 g/mol. The van der Waals surface area contributed by atoms with Crippen LogP contribution in [0.5, 0.6) is 11.6 Å². The summed E-state index contributed by atoms with van der Waals surface area (Å²) in [6.07, 6.45) is 3.13. The van der Waals surface area contributed by atoms with Crippen LogP contribution in [0.3, 0.4) is 0 Å². The Hall–Kier alpha value is -2.30. The molecular weight excluding hydrogens is 254 g/mol. The molecule has 2 N–H and O–H groups in total. The number of nitrogens with two attached hydrogens (primary N) is 1. The minimum absolute atomic E-state index is 0.0704. The van der Waals surface area contributed by atoms with Gasteiger partial charge in [0.1, 0.15) is 5.75 Å². The molecule has 0 aliphatic heterocycles. The third-order valence-electron chi connectivity index (χ3n) is 3.21. The molecule has 1 aromatic heterocycles. The standard InChI is InChI=1S/C15H19N3O2/c1-9(2)11-8-12(16)10(3)7-13(11)20-14-15(19)18(4)6-5-17-14/h5-9H,16H2,1-4H3. The minimum Gasteiger partial charge on any atom is -0.434 e. The molecule has 1 heterocycles. The predicted molar refractivity (Wildman–Crippen MR) is 79.2 cm³/mol.